The van der Waals surface area contributed by atoms with E-state index in [9.17, 15) is 9.59 Å². The summed E-state index contributed by atoms with van der Waals surface area (Å²) in [6.45, 7) is 4.18. The zero-order valence-corrected chi connectivity index (χ0v) is 17.6. The highest BCUT2D eigenvalue weighted by atomic mass is 35.5. The maximum atomic E-state index is 13.2. The zero-order chi connectivity index (χ0) is 21.4. The van der Waals surface area contributed by atoms with Crippen LogP contribution in [0.15, 0.2) is 51.8 Å². The van der Waals surface area contributed by atoms with Crippen LogP contribution in [0.4, 0.5) is 5.69 Å². The molecule has 0 aliphatic heterocycles. The summed E-state index contributed by atoms with van der Waals surface area (Å²) in [5, 5.41) is 5.87. The van der Waals surface area contributed by atoms with E-state index < -0.39 is 5.63 Å². The molecule has 0 radical (unpaired) electrons. The van der Waals surface area contributed by atoms with E-state index in [2.05, 4.69) is 5.10 Å². The molecule has 2 aromatic heterocycles. The molecule has 30 heavy (non-hydrogen) atoms. The van der Waals surface area contributed by atoms with E-state index in [-0.39, 0.29) is 12.5 Å². The Morgan fingerprint density at radius 2 is 2.03 bits per heavy atom. The number of amides is 1. The summed E-state index contributed by atoms with van der Waals surface area (Å²) in [6.07, 6.45) is 1.44. The van der Waals surface area contributed by atoms with Gasteiger partial charge in [-0.05, 0) is 44.2 Å². The molecule has 2 heterocycles. The van der Waals surface area contributed by atoms with Crippen LogP contribution in [-0.4, -0.2) is 29.3 Å². The Hall–Kier alpha value is -3.32. The van der Waals surface area contributed by atoms with E-state index in [1.165, 1.54) is 10.9 Å². The van der Waals surface area contributed by atoms with Gasteiger partial charge in [-0.1, -0.05) is 23.2 Å². The smallest absolute Gasteiger partial charge is 0.347 e. The Bertz CT molecular complexity index is 1330. The minimum absolute atomic E-state index is 0.0560. The van der Waals surface area contributed by atoms with Gasteiger partial charge in [-0.3, -0.25) is 9.48 Å². The molecule has 1 amide bonds. The molecule has 7 nitrogen and oxygen atoms in total. The normalized spacial score (nSPS) is 11.2. The number of nitrogens with zero attached hydrogens (tertiary/aromatic N) is 3. The third kappa shape index (κ3) is 3.41. The maximum absolute atomic E-state index is 13.2. The van der Waals surface area contributed by atoms with E-state index in [4.69, 9.17) is 20.8 Å². The second-order valence-corrected chi connectivity index (χ2v) is 7.34. The molecule has 2 aromatic carbocycles. The predicted octanol–water partition coefficient (Wildman–Crippen LogP) is 4.17. The Kier molecular flexibility index (Phi) is 5.22. The number of hydrogen-bond donors (Lipinski definition) is 0. The minimum atomic E-state index is -0.482. The Labute approximate surface area is 177 Å². The van der Waals surface area contributed by atoms with Crippen LogP contribution in [0.3, 0.4) is 0 Å². The van der Waals surface area contributed by atoms with Crippen LogP contribution in [0.25, 0.3) is 21.9 Å². The van der Waals surface area contributed by atoms with Gasteiger partial charge in [0, 0.05) is 17.0 Å². The van der Waals surface area contributed by atoms with Crippen LogP contribution in [0.5, 0.6) is 5.75 Å². The second-order valence-electron chi connectivity index (χ2n) is 6.91. The Morgan fingerprint density at radius 1 is 1.23 bits per heavy atom. The lowest BCUT2D eigenvalue weighted by molar-refractivity contribution is -0.119. The van der Waals surface area contributed by atoms with Gasteiger partial charge >= 0.3 is 5.63 Å². The van der Waals surface area contributed by atoms with Crippen LogP contribution in [0, 0.1) is 6.92 Å². The number of carbonyl (C=O) groups excluding carboxylic acids is 1. The lowest BCUT2D eigenvalue weighted by atomic mass is 10.1. The summed E-state index contributed by atoms with van der Waals surface area (Å²) in [7, 11) is 1.54. The number of hydrogen-bond acceptors (Lipinski definition) is 5. The molecule has 8 heteroatoms. The monoisotopic (exact) mass is 425 g/mol. The number of ether oxygens (including phenoxy) is 1. The van der Waals surface area contributed by atoms with Gasteiger partial charge in [0.1, 0.15) is 23.3 Å². The quantitative estimate of drug-likeness (QED) is 0.448. The van der Waals surface area contributed by atoms with Gasteiger partial charge in [0.2, 0.25) is 5.91 Å². The molecular weight excluding hydrogens is 406 g/mol. The van der Waals surface area contributed by atoms with Crippen molar-refractivity contribution in [2.24, 2.45) is 0 Å². The molecule has 0 fully saturated rings. The summed E-state index contributed by atoms with van der Waals surface area (Å²) >= 11 is 6.14. The summed E-state index contributed by atoms with van der Waals surface area (Å²) in [5.74, 6) is 0.332. The third-order valence-corrected chi connectivity index (χ3v) is 5.22. The topological polar surface area (TPSA) is 77.6 Å². The number of benzene rings is 2. The summed E-state index contributed by atoms with van der Waals surface area (Å²) in [6, 6.07) is 10.7. The van der Waals surface area contributed by atoms with Crippen molar-refractivity contribution in [2.75, 3.05) is 18.6 Å². The number of aromatic nitrogens is 2. The van der Waals surface area contributed by atoms with Crippen LogP contribution in [0.2, 0.25) is 5.02 Å². The van der Waals surface area contributed by atoms with E-state index in [1.54, 1.807) is 36.3 Å². The van der Waals surface area contributed by atoms with Gasteiger partial charge < -0.3 is 14.1 Å². The van der Waals surface area contributed by atoms with E-state index >= 15 is 0 Å². The van der Waals surface area contributed by atoms with E-state index in [0.717, 1.165) is 10.9 Å². The average molecular weight is 426 g/mol. The van der Waals surface area contributed by atoms with Crippen molar-refractivity contribution in [2.45, 2.75) is 20.4 Å². The summed E-state index contributed by atoms with van der Waals surface area (Å²) in [4.78, 5) is 27.2. The fourth-order valence-corrected chi connectivity index (χ4v) is 3.75. The highest BCUT2D eigenvalue weighted by molar-refractivity contribution is 6.31. The molecule has 154 valence electrons. The minimum Gasteiger partial charge on any atom is -0.495 e. The van der Waals surface area contributed by atoms with Gasteiger partial charge in [0.15, 0.2) is 0 Å². The standard InChI is InChI=1S/C22H20ClN3O4/c1-4-25(17-10-14(23)6-8-19(17)29-3)20(27)12-26-21-15-9-13(2)5-7-18(15)30-22(28)16(21)11-24-26/h5-11H,4,12H2,1-3H3. The number of anilines is 1. The van der Waals surface area contributed by atoms with Gasteiger partial charge in [0.25, 0.3) is 0 Å². The molecule has 4 aromatic rings. The molecule has 0 saturated carbocycles. The molecule has 0 spiro atoms. The number of methoxy groups -OCH3 is 1. The summed E-state index contributed by atoms with van der Waals surface area (Å²) < 4.78 is 12.3. The van der Waals surface area contributed by atoms with Crippen molar-refractivity contribution in [1.29, 1.82) is 0 Å². The number of halogens is 1. The SMILES string of the molecule is CCN(C(=O)Cn1ncc2c(=O)oc3ccc(C)cc3c21)c1cc(Cl)ccc1OC. The summed E-state index contributed by atoms with van der Waals surface area (Å²) in [5.41, 5.74) is 2.14. The molecule has 0 unspecified atom stereocenters. The lowest BCUT2D eigenvalue weighted by Crippen LogP contribution is -2.34. The molecule has 0 saturated heterocycles. The van der Waals surface area contributed by atoms with Crippen molar-refractivity contribution in [3.05, 3.63) is 63.6 Å². The molecule has 0 aliphatic rings. The van der Waals surface area contributed by atoms with Crippen molar-refractivity contribution in [3.63, 3.8) is 0 Å². The average Bonchev–Trinajstić information content (AvgIpc) is 3.14. The van der Waals surface area contributed by atoms with Crippen LogP contribution in [-0.2, 0) is 11.3 Å². The molecule has 0 bridgehead atoms. The maximum Gasteiger partial charge on any atom is 0.347 e. The largest absolute Gasteiger partial charge is 0.495 e. The Morgan fingerprint density at radius 3 is 2.77 bits per heavy atom. The van der Waals surface area contributed by atoms with E-state index in [1.807, 2.05) is 26.0 Å². The van der Waals surface area contributed by atoms with Crippen molar-refractivity contribution in [3.8, 4) is 5.75 Å². The zero-order valence-electron chi connectivity index (χ0n) is 16.8. The van der Waals surface area contributed by atoms with Crippen molar-refractivity contribution < 1.29 is 13.9 Å². The first kappa shape index (κ1) is 20.0. The fraction of sp³-hybridized carbons (Fsp3) is 0.227. The number of aryl methyl sites for hydroxylation is 1. The second kappa shape index (κ2) is 7.84. The highest BCUT2D eigenvalue weighted by Crippen LogP contribution is 2.32. The highest BCUT2D eigenvalue weighted by Gasteiger charge is 2.21. The fourth-order valence-electron chi connectivity index (χ4n) is 3.58. The molecule has 0 aliphatic carbocycles. The number of rotatable bonds is 5. The van der Waals surface area contributed by atoms with E-state index in [0.29, 0.717) is 39.5 Å². The molecular formula is C22H20ClN3O4. The van der Waals surface area contributed by atoms with Gasteiger partial charge in [-0.25, -0.2) is 4.79 Å². The van der Waals surface area contributed by atoms with Gasteiger partial charge in [-0.2, -0.15) is 5.10 Å². The first-order valence-corrected chi connectivity index (χ1v) is 9.83. The first-order chi connectivity index (χ1) is 14.4. The van der Waals surface area contributed by atoms with Gasteiger partial charge in [-0.15, -0.1) is 0 Å². The number of likely N-dealkylation sites (N-methyl/N-ethyl adjacent to an activating group) is 1. The van der Waals surface area contributed by atoms with Gasteiger partial charge in [0.05, 0.1) is 24.5 Å². The van der Waals surface area contributed by atoms with Crippen LogP contribution < -0.4 is 15.3 Å². The number of carbonyl (C=O) groups is 1. The Balaban J connectivity index is 1.80. The third-order valence-electron chi connectivity index (χ3n) is 4.99. The predicted molar refractivity (Wildman–Crippen MR) is 117 cm³/mol. The first-order valence-electron chi connectivity index (χ1n) is 9.45. The van der Waals surface area contributed by atoms with Crippen molar-refractivity contribution in [1.82, 2.24) is 9.78 Å². The van der Waals surface area contributed by atoms with Crippen molar-refractivity contribution >= 4 is 45.1 Å². The van der Waals surface area contributed by atoms with Crippen LogP contribution in [0.1, 0.15) is 12.5 Å². The molecule has 4 rings (SSSR count). The molecule has 0 atom stereocenters. The lowest BCUT2D eigenvalue weighted by Gasteiger charge is -2.23. The van der Waals surface area contributed by atoms with Crippen LogP contribution >= 0.6 is 11.6 Å². The molecule has 0 N–H and O–H groups in total. The number of fused-ring (bicyclic) bond motifs is 3.